The van der Waals surface area contributed by atoms with Crippen LogP contribution in [0.1, 0.15) is 25.7 Å². The maximum absolute atomic E-state index is 11.7. The second-order valence-electron chi connectivity index (χ2n) is 7.47. The first-order chi connectivity index (χ1) is 11.1. The Bertz CT molecular complexity index is 403. The molecular weight excluding hydrogens is 296 g/mol. The van der Waals surface area contributed by atoms with Crippen molar-refractivity contribution in [2.75, 3.05) is 60.2 Å². The molecule has 3 heterocycles. The molecule has 0 radical (unpaired) electrons. The van der Waals surface area contributed by atoms with Crippen molar-refractivity contribution in [2.24, 2.45) is 5.92 Å². The van der Waals surface area contributed by atoms with E-state index in [1.54, 1.807) is 19.0 Å². The molecule has 0 aromatic heterocycles. The van der Waals surface area contributed by atoms with Gasteiger partial charge in [-0.1, -0.05) is 0 Å². The number of carbonyl (C=O) groups excluding carboxylic acids is 1. The smallest absolute Gasteiger partial charge is 0.248 e. The van der Waals surface area contributed by atoms with Gasteiger partial charge in [-0.15, -0.1) is 0 Å². The summed E-state index contributed by atoms with van der Waals surface area (Å²) in [6, 6.07) is 0. The van der Waals surface area contributed by atoms with Gasteiger partial charge in [0.15, 0.2) is 0 Å². The van der Waals surface area contributed by atoms with E-state index in [-0.39, 0.29) is 24.2 Å². The van der Waals surface area contributed by atoms with Gasteiger partial charge in [-0.3, -0.25) is 9.69 Å². The van der Waals surface area contributed by atoms with Crippen molar-refractivity contribution in [3.05, 3.63) is 0 Å². The van der Waals surface area contributed by atoms with E-state index in [9.17, 15) is 4.79 Å². The summed E-state index contributed by atoms with van der Waals surface area (Å²) in [6.45, 7) is 5.92. The lowest BCUT2D eigenvalue weighted by molar-refractivity contribution is -0.200. The van der Waals surface area contributed by atoms with Crippen molar-refractivity contribution in [3.8, 4) is 0 Å². The molecule has 0 saturated carbocycles. The fourth-order valence-corrected chi connectivity index (χ4v) is 3.86. The Morgan fingerprint density at radius 1 is 1.22 bits per heavy atom. The lowest BCUT2D eigenvalue weighted by Crippen LogP contribution is -2.66. The van der Waals surface area contributed by atoms with Gasteiger partial charge in [0.2, 0.25) is 5.91 Å². The molecule has 0 N–H and O–H groups in total. The molecule has 1 spiro atoms. The average Bonchev–Trinajstić information content (AvgIpc) is 2.52. The van der Waals surface area contributed by atoms with Crippen LogP contribution in [0.2, 0.25) is 0 Å². The SMILES string of the molecule is CN(C)C(=O)COC1CCOC2(C1)CN(CC1CCOCC1)C2. The highest BCUT2D eigenvalue weighted by Crippen LogP contribution is 2.36. The van der Waals surface area contributed by atoms with Crippen molar-refractivity contribution in [3.63, 3.8) is 0 Å². The Labute approximate surface area is 139 Å². The molecule has 3 rings (SSSR count). The Morgan fingerprint density at radius 3 is 2.65 bits per heavy atom. The van der Waals surface area contributed by atoms with Gasteiger partial charge in [-0.25, -0.2) is 0 Å². The van der Waals surface area contributed by atoms with Crippen LogP contribution < -0.4 is 0 Å². The van der Waals surface area contributed by atoms with Crippen LogP contribution in [-0.2, 0) is 19.0 Å². The zero-order chi connectivity index (χ0) is 16.3. The number of ether oxygens (including phenoxy) is 3. The largest absolute Gasteiger partial charge is 0.381 e. The van der Waals surface area contributed by atoms with E-state index in [1.165, 1.54) is 19.4 Å². The third-order valence-electron chi connectivity index (χ3n) is 5.27. The predicted octanol–water partition coefficient (Wildman–Crippen LogP) is 0.751. The van der Waals surface area contributed by atoms with E-state index in [4.69, 9.17) is 14.2 Å². The second kappa shape index (κ2) is 7.47. The fourth-order valence-electron chi connectivity index (χ4n) is 3.86. The van der Waals surface area contributed by atoms with Gasteiger partial charge in [0, 0.05) is 60.0 Å². The van der Waals surface area contributed by atoms with E-state index in [0.717, 1.165) is 51.7 Å². The van der Waals surface area contributed by atoms with Gasteiger partial charge in [-0.05, 0) is 25.2 Å². The van der Waals surface area contributed by atoms with Gasteiger partial charge in [0.1, 0.15) is 6.61 Å². The van der Waals surface area contributed by atoms with E-state index in [2.05, 4.69) is 4.90 Å². The maximum Gasteiger partial charge on any atom is 0.248 e. The standard InChI is InChI=1S/C17H30N2O4/c1-18(2)16(20)11-22-15-5-8-23-17(9-15)12-19(13-17)10-14-3-6-21-7-4-14/h14-15H,3-13H2,1-2H3. The topological polar surface area (TPSA) is 51.2 Å². The number of likely N-dealkylation sites (tertiary alicyclic amines) is 1. The molecule has 1 unspecified atom stereocenters. The Kier molecular flexibility index (Phi) is 5.57. The minimum atomic E-state index is -0.0325. The molecule has 0 aromatic rings. The average molecular weight is 326 g/mol. The van der Waals surface area contributed by atoms with Gasteiger partial charge in [0.05, 0.1) is 11.7 Å². The normalized spacial score (nSPS) is 28.5. The van der Waals surface area contributed by atoms with E-state index >= 15 is 0 Å². The number of amides is 1. The van der Waals surface area contributed by atoms with Crippen LogP contribution in [0.25, 0.3) is 0 Å². The summed E-state index contributed by atoms with van der Waals surface area (Å²) in [5.41, 5.74) is -0.0325. The van der Waals surface area contributed by atoms with Crippen LogP contribution in [-0.4, -0.2) is 87.6 Å². The van der Waals surface area contributed by atoms with E-state index in [1.807, 2.05) is 0 Å². The second-order valence-corrected chi connectivity index (χ2v) is 7.47. The molecule has 0 aliphatic carbocycles. The minimum absolute atomic E-state index is 0.0281. The molecule has 1 amide bonds. The monoisotopic (exact) mass is 326 g/mol. The first-order valence-electron chi connectivity index (χ1n) is 8.82. The van der Waals surface area contributed by atoms with Crippen molar-refractivity contribution in [2.45, 2.75) is 37.4 Å². The summed E-state index contributed by atoms with van der Waals surface area (Å²) in [5.74, 6) is 0.801. The summed E-state index contributed by atoms with van der Waals surface area (Å²) < 4.78 is 17.3. The number of carbonyl (C=O) groups is 1. The molecule has 3 saturated heterocycles. The van der Waals surface area contributed by atoms with E-state index < -0.39 is 0 Å². The van der Waals surface area contributed by atoms with Crippen molar-refractivity contribution < 1.29 is 19.0 Å². The number of nitrogens with zero attached hydrogens (tertiary/aromatic N) is 2. The molecule has 3 aliphatic rings. The van der Waals surface area contributed by atoms with Crippen LogP contribution in [0.4, 0.5) is 0 Å². The first-order valence-corrected chi connectivity index (χ1v) is 8.82. The maximum atomic E-state index is 11.7. The molecular formula is C17H30N2O4. The molecule has 6 heteroatoms. The zero-order valence-corrected chi connectivity index (χ0v) is 14.5. The molecule has 3 aliphatic heterocycles. The lowest BCUT2D eigenvalue weighted by atomic mass is 9.83. The van der Waals surface area contributed by atoms with Crippen molar-refractivity contribution >= 4 is 5.91 Å². The molecule has 0 bridgehead atoms. The number of hydrogen-bond acceptors (Lipinski definition) is 5. The number of hydrogen-bond donors (Lipinski definition) is 0. The fraction of sp³-hybridized carbons (Fsp3) is 0.941. The van der Waals surface area contributed by atoms with Crippen LogP contribution in [0, 0.1) is 5.92 Å². The third kappa shape index (κ3) is 4.44. The summed E-state index contributed by atoms with van der Waals surface area (Å²) in [6.07, 6.45) is 4.32. The number of rotatable bonds is 5. The Morgan fingerprint density at radius 2 is 1.96 bits per heavy atom. The highest BCUT2D eigenvalue weighted by Gasteiger charge is 2.48. The molecule has 3 fully saturated rings. The Balaban J connectivity index is 1.40. The third-order valence-corrected chi connectivity index (χ3v) is 5.27. The van der Waals surface area contributed by atoms with Gasteiger partial charge in [-0.2, -0.15) is 0 Å². The molecule has 1 atom stereocenters. The van der Waals surface area contributed by atoms with Crippen LogP contribution in [0.15, 0.2) is 0 Å². The summed E-state index contributed by atoms with van der Waals surface area (Å²) in [4.78, 5) is 15.7. The van der Waals surface area contributed by atoms with Gasteiger partial charge in [0.25, 0.3) is 0 Å². The van der Waals surface area contributed by atoms with Crippen LogP contribution in [0.3, 0.4) is 0 Å². The summed E-state index contributed by atoms with van der Waals surface area (Å²) >= 11 is 0. The van der Waals surface area contributed by atoms with Crippen molar-refractivity contribution in [1.29, 1.82) is 0 Å². The predicted molar refractivity (Wildman–Crippen MR) is 86.3 cm³/mol. The van der Waals surface area contributed by atoms with Gasteiger partial charge >= 0.3 is 0 Å². The highest BCUT2D eigenvalue weighted by molar-refractivity contribution is 5.76. The lowest BCUT2D eigenvalue weighted by Gasteiger charge is -2.54. The van der Waals surface area contributed by atoms with Crippen LogP contribution in [0.5, 0.6) is 0 Å². The zero-order valence-electron chi connectivity index (χ0n) is 14.5. The van der Waals surface area contributed by atoms with Crippen molar-refractivity contribution in [1.82, 2.24) is 9.80 Å². The molecule has 23 heavy (non-hydrogen) atoms. The summed E-state index contributed by atoms with van der Waals surface area (Å²) in [7, 11) is 3.52. The highest BCUT2D eigenvalue weighted by atomic mass is 16.5. The Hall–Kier alpha value is -0.690. The minimum Gasteiger partial charge on any atom is -0.381 e. The molecule has 0 aromatic carbocycles. The molecule has 132 valence electrons. The number of likely N-dealkylation sites (N-methyl/N-ethyl adjacent to an activating group) is 1. The first kappa shape index (κ1) is 17.1. The molecule has 6 nitrogen and oxygen atoms in total. The van der Waals surface area contributed by atoms with Gasteiger partial charge < -0.3 is 19.1 Å². The van der Waals surface area contributed by atoms with E-state index in [0.29, 0.717) is 0 Å². The quantitative estimate of drug-likeness (QED) is 0.746. The summed E-state index contributed by atoms with van der Waals surface area (Å²) in [5, 5.41) is 0. The van der Waals surface area contributed by atoms with Crippen LogP contribution >= 0.6 is 0 Å².